The van der Waals surface area contributed by atoms with E-state index in [1.54, 1.807) is 24.3 Å². The quantitative estimate of drug-likeness (QED) is 0.757. The second kappa shape index (κ2) is 5.58. The van der Waals surface area contributed by atoms with Gasteiger partial charge in [-0.3, -0.25) is 4.79 Å². The highest BCUT2D eigenvalue weighted by Gasteiger charge is 2.09. The first-order valence-electron chi connectivity index (χ1n) is 6.43. The molecule has 5 heteroatoms. The highest BCUT2D eigenvalue weighted by molar-refractivity contribution is 6.30. The number of benzene rings is 2. The Kier molecular flexibility index (Phi) is 3.62. The van der Waals surface area contributed by atoms with Crippen LogP contribution in [0.1, 0.15) is 16.1 Å². The van der Waals surface area contributed by atoms with E-state index in [-0.39, 0.29) is 11.7 Å². The zero-order valence-electron chi connectivity index (χ0n) is 11.0. The lowest BCUT2D eigenvalue weighted by molar-refractivity contribution is 0.0947. The molecule has 106 valence electrons. The van der Waals surface area contributed by atoms with Crippen molar-refractivity contribution in [2.75, 3.05) is 0 Å². The van der Waals surface area contributed by atoms with Gasteiger partial charge in [-0.1, -0.05) is 23.7 Å². The first-order chi connectivity index (χ1) is 10.1. The first kappa shape index (κ1) is 13.6. The SMILES string of the molecule is O=C(NCc1ccc(Cl)cc1)c1cc2cc(F)ccc2[nH]1. The third-order valence-electron chi connectivity index (χ3n) is 3.19. The molecule has 0 aliphatic rings. The van der Waals surface area contributed by atoms with Gasteiger partial charge in [0.25, 0.3) is 5.91 Å². The summed E-state index contributed by atoms with van der Waals surface area (Å²) in [6.45, 7) is 0.403. The van der Waals surface area contributed by atoms with Crippen molar-refractivity contribution >= 4 is 28.4 Å². The van der Waals surface area contributed by atoms with Crippen molar-refractivity contribution in [1.82, 2.24) is 10.3 Å². The van der Waals surface area contributed by atoms with Crippen LogP contribution in [0.2, 0.25) is 5.02 Å². The van der Waals surface area contributed by atoms with E-state index in [1.807, 2.05) is 12.1 Å². The van der Waals surface area contributed by atoms with Crippen LogP contribution in [-0.2, 0) is 6.54 Å². The molecule has 3 rings (SSSR count). The Bertz CT molecular complexity index is 796. The standard InChI is InChI=1S/C16H12ClFN2O/c17-12-3-1-10(2-4-12)9-19-16(21)15-8-11-7-13(18)5-6-14(11)20-15/h1-8,20H,9H2,(H,19,21). The number of nitrogens with one attached hydrogen (secondary N) is 2. The summed E-state index contributed by atoms with van der Waals surface area (Å²) in [4.78, 5) is 15.0. The minimum absolute atomic E-state index is 0.235. The third-order valence-corrected chi connectivity index (χ3v) is 3.45. The fourth-order valence-corrected chi connectivity index (χ4v) is 2.23. The number of aromatic amines is 1. The van der Waals surface area contributed by atoms with Gasteiger partial charge in [0.05, 0.1) is 0 Å². The van der Waals surface area contributed by atoms with E-state index >= 15 is 0 Å². The van der Waals surface area contributed by atoms with Crippen LogP contribution in [-0.4, -0.2) is 10.9 Å². The molecule has 3 aromatic rings. The van der Waals surface area contributed by atoms with Crippen LogP contribution in [0.15, 0.2) is 48.5 Å². The Balaban J connectivity index is 1.73. The Hall–Kier alpha value is -2.33. The fraction of sp³-hybridized carbons (Fsp3) is 0.0625. The van der Waals surface area contributed by atoms with Gasteiger partial charge < -0.3 is 10.3 Å². The number of halogens is 2. The van der Waals surface area contributed by atoms with Crippen LogP contribution < -0.4 is 5.32 Å². The zero-order chi connectivity index (χ0) is 14.8. The van der Waals surface area contributed by atoms with Crippen molar-refractivity contribution in [3.05, 3.63) is 70.6 Å². The summed E-state index contributed by atoms with van der Waals surface area (Å²) in [5.74, 6) is -0.559. The van der Waals surface area contributed by atoms with E-state index < -0.39 is 0 Å². The molecule has 1 amide bonds. The molecule has 0 aliphatic carbocycles. The average Bonchev–Trinajstić information content (AvgIpc) is 2.89. The van der Waals surface area contributed by atoms with Crippen molar-refractivity contribution in [2.24, 2.45) is 0 Å². The molecule has 0 saturated heterocycles. The van der Waals surface area contributed by atoms with E-state index in [0.717, 1.165) is 11.1 Å². The summed E-state index contributed by atoms with van der Waals surface area (Å²) in [6, 6.07) is 13.2. The number of aromatic nitrogens is 1. The number of H-pyrrole nitrogens is 1. The largest absolute Gasteiger partial charge is 0.351 e. The smallest absolute Gasteiger partial charge is 0.267 e. The second-order valence-electron chi connectivity index (χ2n) is 4.72. The number of hydrogen-bond acceptors (Lipinski definition) is 1. The Morgan fingerprint density at radius 1 is 1.14 bits per heavy atom. The molecule has 0 fully saturated rings. The lowest BCUT2D eigenvalue weighted by Gasteiger charge is -2.04. The summed E-state index contributed by atoms with van der Waals surface area (Å²) in [5, 5.41) is 4.13. The molecule has 2 N–H and O–H groups in total. The predicted molar refractivity (Wildman–Crippen MR) is 80.9 cm³/mol. The van der Waals surface area contributed by atoms with E-state index in [2.05, 4.69) is 10.3 Å². The van der Waals surface area contributed by atoms with Crippen LogP contribution in [0.5, 0.6) is 0 Å². The van der Waals surface area contributed by atoms with Gasteiger partial charge in [0, 0.05) is 22.5 Å². The van der Waals surface area contributed by atoms with E-state index in [1.165, 1.54) is 12.1 Å². The third kappa shape index (κ3) is 3.06. The van der Waals surface area contributed by atoms with Gasteiger partial charge in [0.2, 0.25) is 0 Å². The fourth-order valence-electron chi connectivity index (χ4n) is 2.11. The Morgan fingerprint density at radius 2 is 1.90 bits per heavy atom. The van der Waals surface area contributed by atoms with Gasteiger partial charge in [-0.05, 0) is 42.0 Å². The van der Waals surface area contributed by atoms with Crippen molar-refractivity contribution in [3.8, 4) is 0 Å². The molecule has 0 saturated carbocycles. The van der Waals surface area contributed by atoms with Gasteiger partial charge in [-0.2, -0.15) is 0 Å². The molecule has 1 heterocycles. The highest BCUT2D eigenvalue weighted by atomic mass is 35.5. The normalized spacial score (nSPS) is 10.8. The summed E-state index contributed by atoms with van der Waals surface area (Å²) < 4.78 is 13.1. The molecule has 21 heavy (non-hydrogen) atoms. The highest BCUT2D eigenvalue weighted by Crippen LogP contribution is 2.16. The Labute approximate surface area is 125 Å². The van der Waals surface area contributed by atoms with Crippen LogP contribution in [0, 0.1) is 5.82 Å². The van der Waals surface area contributed by atoms with Crippen molar-refractivity contribution in [2.45, 2.75) is 6.54 Å². The molecule has 0 bridgehead atoms. The van der Waals surface area contributed by atoms with Gasteiger partial charge in [0.15, 0.2) is 0 Å². The van der Waals surface area contributed by atoms with Crippen LogP contribution in [0.4, 0.5) is 4.39 Å². The molecule has 1 aromatic heterocycles. The molecular weight excluding hydrogens is 291 g/mol. The number of hydrogen-bond donors (Lipinski definition) is 2. The van der Waals surface area contributed by atoms with Crippen LogP contribution in [0.25, 0.3) is 10.9 Å². The molecular formula is C16H12ClFN2O. The number of carbonyl (C=O) groups is 1. The number of amides is 1. The topological polar surface area (TPSA) is 44.9 Å². The number of fused-ring (bicyclic) bond motifs is 1. The summed E-state index contributed by atoms with van der Waals surface area (Å²) in [7, 11) is 0. The van der Waals surface area contributed by atoms with Crippen molar-refractivity contribution < 1.29 is 9.18 Å². The minimum atomic E-state index is -0.324. The average molecular weight is 303 g/mol. The minimum Gasteiger partial charge on any atom is -0.351 e. The lowest BCUT2D eigenvalue weighted by Crippen LogP contribution is -2.22. The van der Waals surface area contributed by atoms with Gasteiger partial charge in [0.1, 0.15) is 11.5 Å². The molecule has 0 spiro atoms. The molecule has 0 radical (unpaired) electrons. The maximum absolute atomic E-state index is 13.1. The Morgan fingerprint density at radius 3 is 2.67 bits per heavy atom. The van der Waals surface area contributed by atoms with Crippen LogP contribution >= 0.6 is 11.6 Å². The zero-order valence-corrected chi connectivity index (χ0v) is 11.7. The maximum atomic E-state index is 13.1. The molecule has 2 aromatic carbocycles. The number of carbonyl (C=O) groups excluding carboxylic acids is 1. The monoisotopic (exact) mass is 302 g/mol. The first-order valence-corrected chi connectivity index (χ1v) is 6.80. The lowest BCUT2D eigenvalue weighted by atomic mass is 10.2. The molecule has 0 aliphatic heterocycles. The second-order valence-corrected chi connectivity index (χ2v) is 5.16. The molecule has 0 atom stereocenters. The van der Waals surface area contributed by atoms with Gasteiger partial charge in [-0.25, -0.2) is 4.39 Å². The summed E-state index contributed by atoms with van der Waals surface area (Å²) in [6.07, 6.45) is 0. The van der Waals surface area contributed by atoms with Crippen molar-refractivity contribution in [3.63, 3.8) is 0 Å². The molecule has 0 unspecified atom stereocenters. The molecule has 3 nitrogen and oxygen atoms in total. The van der Waals surface area contributed by atoms with E-state index in [4.69, 9.17) is 11.6 Å². The maximum Gasteiger partial charge on any atom is 0.267 e. The van der Waals surface area contributed by atoms with Gasteiger partial charge in [-0.15, -0.1) is 0 Å². The van der Waals surface area contributed by atoms with Gasteiger partial charge >= 0.3 is 0 Å². The van der Waals surface area contributed by atoms with E-state index in [9.17, 15) is 9.18 Å². The van der Waals surface area contributed by atoms with E-state index in [0.29, 0.717) is 22.6 Å². The van der Waals surface area contributed by atoms with Crippen LogP contribution in [0.3, 0.4) is 0 Å². The summed E-state index contributed by atoms with van der Waals surface area (Å²) >= 11 is 5.81. The van der Waals surface area contributed by atoms with Crippen molar-refractivity contribution in [1.29, 1.82) is 0 Å². The summed E-state index contributed by atoms with van der Waals surface area (Å²) in [5.41, 5.74) is 2.09. The predicted octanol–water partition coefficient (Wildman–Crippen LogP) is 3.89. The number of rotatable bonds is 3.